The molecule has 0 amide bonds. The van der Waals surface area contributed by atoms with Gasteiger partial charge in [0.15, 0.2) is 0 Å². The fourth-order valence-electron chi connectivity index (χ4n) is 1.35. The number of rotatable bonds is 3. The average molecular weight is 144 g/mol. The molecule has 60 valence electrons. The van der Waals surface area contributed by atoms with Gasteiger partial charge in [-0.15, -0.1) is 0 Å². The summed E-state index contributed by atoms with van der Waals surface area (Å²) in [5, 5.41) is 0. The van der Waals surface area contributed by atoms with Crippen molar-refractivity contribution in [2.24, 2.45) is 0 Å². The Morgan fingerprint density at radius 2 is 2.50 bits per heavy atom. The smallest absolute Gasteiger partial charge is 0.0928 e. The molecule has 1 atom stereocenters. The lowest BCUT2D eigenvalue weighted by Crippen LogP contribution is -2.26. The van der Waals surface area contributed by atoms with Crippen LogP contribution in [0.1, 0.15) is 13.3 Å². The molecule has 1 fully saturated rings. The molecule has 3 nitrogen and oxygen atoms in total. The lowest BCUT2D eigenvalue weighted by molar-refractivity contribution is -0.00526. The molecular weight excluding hydrogens is 128 g/mol. The minimum Gasteiger partial charge on any atom is -0.301 e. The summed E-state index contributed by atoms with van der Waals surface area (Å²) in [4.78, 5) is 7.63. The van der Waals surface area contributed by atoms with Crippen LogP contribution in [0, 0.1) is 0 Å². The SMILES string of the molecule is CCN1CCC(ONC)C1. The molecular formula is C7H16N2O. The minimum absolute atomic E-state index is 0.407. The molecule has 10 heavy (non-hydrogen) atoms. The quantitative estimate of drug-likeness (QED) is 0.574. The van der Waals surface area contributed by atoms with Crippen molar-refractivity contribution in [3.8, 4) is 0 Å². The average Bonchev–Trinajstić information content (AvgIpc) is 2.37. The summed E-state index contributed by atoms with van der Waals surface area (Å²) in [6.45, 7) is 5.59. The van der Waals surface area contributed by atoms with E-state index < -0.39 is 0 Å². The van der Waals surface area contributed by atoms with Crippen molar-refractivity contribution in [2.45, 2.75) is 19.4 Å². The Kier molecular flexibility index (Phi) is 3.12. The van der Waals surface area contributed by atoms with Gasteiger partial charge in [-0.3, -0.25) is 4.84 Å². The second-order valence-electron chi connectivity index (χ2n) is 2.63. The predicted octanol–water partition coefficient (Wildman–Crippen LogP) is 0.232. The maximum atomic E-state index is 5.24. The fourth-order valence-corrected chi connectivity index (χ4v) is 1.35. The third kappa shape index (κ3) is 1.94. The number of likely N-dealkylation sites (N-methyl/N-ethyl adjacent to an activating group) is 1. The molecule has 1 saturated heterocycles. The van der Waals surface area contributed by atoms with Crippen LogP contribution in [0.4, 0.5) is 0 Å². The first-order valence-electron chi connectivity index (χ1n) is 3.91. The van der Waals surface area contributed by atoms with Gasteiger partial charge in [-0.25, -0.2) is 5.48 Å². The molecule has 0 bridgehead atoms. The van der Waals surface area contributed by atoms with Gasteiger partial charge in [0.25, 0.3) is 0 Å². The highest BCUT2D eigenvalue weighted by molar-refractivity contribution is 4.73. The fraction of sp³-hybridized carbons (Fsp3) is 1.00. The van der Waals surface area contributed by atoms with E-state index in [4.69, 9.17) is 4.84 Å². The topological polar surface area (TPSA) is 24.5 Å². The zero-order chi connectivity index (χ0) is 7.40. The Morgan fingerprint density at radius 1 is 1.70 bits per heavy atom. The number of likely N-dealkylation sites (tertiary alicyclic amines) is 1. The number of hydroxylamine groups is 1. The van der Waals surface area contributed by atoms with Crippen LogP contribution < -0.4 is 5.48 Å². The molecule has 0 aromatic rings. The molecule has 0 aromatic heterocycles. The number of hydrogen-bond acceptors (Lipinski definition) is 3. The van der Waals surface area contributed by atoms with E-state index >= 15 is 0 Å². The van der Waals surface area contributed by atoms with E-state index in [1.165, 1.54) is 6.54 Å². The largest absolute Gasteiger partial charge is 0.301 e. The normalized spacial score (nSPS) is 27.6. The second-order valence-corrected chi connectivity index (χ2v) is 2.63. The van der Waals surface area contributed by atoms with E-state index in [-0.39, 0.29) is 0 Å². The number of nitrogens with one attached hydrogen (secondary N) is 1. The van der Waals surface area contributed by atoms with Crippen LogP contribution >= 0.6 is 0 Å². The molecule has 0 aliphatic carbocycles. The third-order valence-corrected chi connectivity index (χ3v) is 1.96. The molecule has 1 rings (SSSR count). The number of hydrogen-bond donors (Lipinski definition) is 1. The molecule has 1 heterocycles. The highest BCUT2D eigenvalue weighted by Gasteiger charge is 2.20. The van der Waals surface area contributed by atoms with Crippen molar-refractivity contribution in [3.63, 3.8) is 0 Å². The molecule has 0 aromatic carbocycles. The minimum atomic E-state index is 0.407. The van der Waals surface area contributed by atoms with Crippen LogP contribution in [-0.4, -0.2) is 37.7 Å². The van der Waals surface area contributed by atoms with Gasteiger partial charge in [0.1, 0.15) is 0 Å². The van der Waals surface area contributed by atoms with Crippen molar-refractivity contribution < 1.29 is 4.84 Å². The van der Waals surface area contributed by atoms with Gasteiger partial charge in [0, 0.05) is 20.1 Å². The predicted molar refractivity (Wildman–Crippen MR) is 40.7 cm³/mol. The molecule has 1 aliphatic heterocycles. The van der Waals surface area contributed by atoms with E-state index in [9.17, 15) is 0 Å². The van der Waals surface area contributed by atoms with E-state index in [0.717, 1.165) is 19.5 Å². The first kappa shape index (κ1) is 7.98. The Labute approximate surface area is 62.3 Å². The Hall–Kier alpha value is -0.120. The van der Waals surface area contributed by atoms with Crippen LogP contribution in [0.3, 0.4) is 0 Å². The molecule has 1 aliphatic rings. The third-order valence-electron chi connectivity index (χ3n) is 1.96. The van der Waals surface area contributed by atoms with Gasteiger partial charge in [0.05, 0.1) is 6.10 Å². The summed E-state index contributed by atoms with van der Waals surface area (Å²) in [5.41, 5.74) is 2.73. The van der Waals surface area contributed by atoms with Crippen LogP contribution in [0.25, 0.3) is 0 Å². The van der Waals surface area contributed by atoms with Crippen molar-refractivity contribution in [1.29, 1.82) is 0 Å². The van der Waals surface area contributed by atoms with E-state index in [0.29, 0.717) is 6.10 Å². The van der Waals surface area contributed by atoms with Gasteiger partial charge >= 0.3 is 0 Å². The van der Waals surface area contributed by atoms with Crippen molar-refractivity contribution in [1.82, 2.24) is 10.4 Å². The molecule has 1 N–H and O–H groups in total. The van der Waals surface area contributed by atoms with E-state index in [1.54, 1.807) is 0 Å². The maximum Gasteiger partial charge on any atom is 0.0928 e. The van der Waals surface area contributed by atoms with Crippen molar-refractivity contribution >= 4 is 0 Å². The summed E-state index contributed by atoms with van der Waals surface area (Å²) in [7, 11) is 1.81. The summed E-state index contributed by atoms with van der Waals surface area (Å²) >= 11 is 0. The van der Waals surface area contributed by atoms with E-state index in [2.05, 4.69) is 17.3 Å². The Bertz CT molecular complexity index is 97.6. The lowest BCUT2D eigenvalue weighted by Gasteiger charge is -2.12. The molecule has 3 heteroatoms. The van der Waals surface area contributed by atoms with Gasteiger partial charge in [-0.1, -0.05) is 6.92 Å². The maximum absolute atomic E-state index is 5.24. The molecule has 1 unspecified atom stereocenters. The van der Waals surface area contributed by atoms with Crippen LogP contribution in [0.2, 0.25) is 0 Å². The summed E-state index contributed by atoms with van der Waals surface area (Å²) in [6, 6.07) is 0. The molecule has 0 saturated carbocycles. The van der Waals surface area contributed by atoms with Crippen molar-refractivity contribution in [2.75, 3.05) is 26.7 Å². The monoisotopic (exact) mass is 144 g/mol. The summed E-state index contributed by atoms with van der Waals surface area (Å²) < 4.78 is 0. The Balaban J connectivity index is 2.15. The molecule has 0 radical (unpaired) electrons. The standard InChI is InChI=1S/C7H16N2O/c1-3-9-5-4-7(6-9)10-8-2/h7-8H,3-6H2,1-2H3. The zero-order valence-corrected chi connectivity index (χ0v) is 6.76. The highest BCUT2D eigenvalue weighted by Crippen LogP contribution is 2.09. The van der Waals surface area contributed by atoms with Crippen molar-refractivity contribution in [3.05, 3.63) is 0 Å². The first-order valence-corrected chi connectivity index (χ1v) is 3.91. The van der Waals surface area contributed by atoms with E-state index in [1.807, 2.05) is 7.05 Å². The van der Waals surface area contributed by atoms with Gasteiger partial charge < -0.3 is 4.90 Å². The lowest BCUT2D eigenvalue weighted by atomic mass is 10.3. The van der Waals surface area contributed by atoms with Gasteiger partial charge in [-0.2, -0.15) is 0 Å². The summed E-state index contributed by atoms with van der Waals surface area (Å²) in [5.74, 6) is 0. The zero-order valence-electron chi connectivity index (χ0n) is 6.76. The Morgan fingerprint density at radius 3 is 3.00 bits per heavy atom. The molecule has 0 spiro atoms. The second kappa shape index (κ2) is 3.91. The van der Waals surface area contributed by atoms with Crippen LogP contribution in [-0.2, 0) is 4.84 Å². The highest BCUT2D eigenvalue weighted by atomic mass is 16.7. The summed E-state index contributed by atoms with van der Waals surface area (Å²) in [6.07, 6.45) is 1.57. The van der Waals surface area contributed by atoms with Crippen LogP contribution in [0.5, 0.6) is 0 Å². The first-order chi connectivity index (χ1) is 4.86. The number of nitrogens with zero attached hydrogens (tertiary/aromatic N) is 1. The van der Waals surface area contributed by atoms with Crippen LogP contribution in [0.15, 0.2) is 0 Å². The van der Waals surface area contributed by atoms with Gasteiger partial charge in [0.2, 0.25) is 0 Å². The van der Waals surface area contributed by atoms with Gasteiger partial charge in [-0.05, 0) is 13.0 Å².